The van der Waals surface area contributed by atoms with Crippen molar-refractivity contribution < 1.29 is 14.3 Å². The molecule has 1 atom stereocenters. The van der Waals surface area contributed by atoms with Crippen molar-refractivity contribution in [2.24, 2.45) is 0 Å². The van der Waals surface area contributed by atoms with E-state index in [1.54, 1.807) is 0 Å². The molecule has 0 fully saturated rings. The number of ether oxygens (including phenoxy) is 2. The number of rotatable bonds is 7. The minimum atomic E-state index is -0.639. The van der Waals surface area contributed by atoms with Crippen LogP contribution in [-0.4, -0.2) is 18.2 Å². The molecule has 17 heavy (non-hydrogen) atoms. The Morgan fingerprint density at radius 3 is 2.94 bits per heavy atom. The van der Waals surface area contributed by atoms with Gasteiger partial charge in [-0.2, -0.15) is 0 Å². The van der Waals surface area contributed by atoms with Crippen LogP contribution in [-0.2, 0) is 14.3 Å². The summed E-state index contributed by atoms with van der Waals surface area (Å²) in [7, 11) is 0. The van der Waals surface area contributed by atoms with Gasteiger partial charge in [-0.15, -0.1) is 13.2 Å². The van der Waals surface area contributed by atoms with Crippen LogP contribution in [0.1, 0.15) is 33.1 Å². The van der Waals surface area contributed by atoms with Crippen LogP contribution in [0.15, 0.2) is 36.6 Å². The fraction of sp³-hybridized carbons (Fsp3) is 0.500. The minimum Gasteiger partial charge on any atom is -0.493 e. The van der Waals surface area contributed by atoms with Crippen molar-refractivity contribution in [1.29, 1.82) is 0 Å². The highest BCUT2D eigenvalue weighted by molar-refractivity contribution is 5.86. The standard InChI is InChI=1S/C14H20O3/c1-5-6-8-14(4)12(10-13(15)17-14)16-9-7-11(2)3/h5,10H,1-2,6-9H2,3-4H3/t14-/m1/s1. The smallest absolute Gasteiger partial charge is 0.335 e. The molecule has 0 aromatic carbocycles. The Morgan fingerprint density at radius 1 is 1.65 bits per heavy atom. The third kappa shape index (κ3) is 3.77. The molecule has 1 aliphatic rings. The summed E-state index contributed by atoms with van der Waals surface area (Å²) in [6.07, 6.45) is 5.50. The van der Waals surface area contributed by atoms with E-state index in [9.17, 15) is 4.79 Å². The van der Waals surface area contributed by atoms with Gasteiger partial charge >= 0.3 is 5.97 Å². The monoisotopic (exact) mass is 236 g/mol. The first-order valence-electron chi connectivity index (χ1n) is 5.81. The van der Waals surface area contributed by atoms with Crippen molar-refractivity contribution in [3.05, 3.63) is 36.6 Å². The van der Waals surface area contributed by atoms with Gasteiger partial charge in [-0.1, -0.05) is 11.6 Å². The van der Waals surface area contributed by atoms with Gasteiger partial charge in [-0.25, -0.2) is 4.79 Å². The average Bonchev–Trinajstić information content (AvgIpc) is 2.51. The number of hydrogen-bond donors (Lipinski definition) is 0. The van der Waals surface area contributed by atoms with E-state index in [1.807, 2.05) is 19.9 Å². The van der Waals surface area contributed by atoms with Crippen molar-refractivity contribution in [2.75, 3.05) is 6.61 Å². The van der Waals surface area contributed by atoms with Crippen LogP contribution in [0.25, 0.3) is 0 Å². The van der Waals surface area contributed by atoms with Crippen LogP contribution in [0, 0.1) is 0 Å². The molecule has 3 heteroatoms. The van der Waals surface area contributed by atoms with Gasteiger partial charge in [0, 0.05) is 6.42 Å². The second kappa shape index (κ2) is 5.71. The highest BCUT2D eigenvalue weighted by Crippen LogP contribution is 2.33. The van der Waals surface area contributed by atoms with Crippen LogP contribution >= 0.6 is 0 Å². The molecular weight excluding hydrogens is 216 g/mol. The molecule has 0 bridgehead atoms. The summed E-state index contributed by atoms with van der Waals surface area (Å²) in [6, 6.07) is 0. The molecule has 1 aliphatic heterocycles. The zero-order valence-electron chi connectivity index (χ0n) is 10.6. The Hall–Kier alpha value is -1.51. The fourth-order valence-electron chi connectivity index (χ4n) is 1.64. The second-order valence-corrected chi connectivity index (χ2v) is 4.54. The number of carbonyl (C=O) groups is 1. The van der Waals surface area contributed by atoms with E-state index in [1.165, 1.54) is 6.08 Å². The minimum absolute atomic E-state index is 0.332. The SMILES string of the molecule is C=CCC[C@@]1(C)OC(=O)C=C1OCCC(=C)C. The number of cyclic esters (lactones) is 1. The molecule has 0 aliphatic carbocycles. The molecule has 3 nitrogen and oxygen atoms in total. The molecule has 0 radical (unpaired) electrons. The maximum Gasteiger partial charge on any atom is 0.335 e. The van der Waals surface area contributed by atoms with Crippen LogP contribution in [0.3, 0.4) is 0 Å². The van der Waals surface area contributed by atoms with Crippen LogP contribution in [0.5, 0.6) is 0 Å². The summed E-state index contributed by atoms with van der Waals surface area (Å²) in [5, 5.41) is 0. The number of hydrogen-bond acceptors (Lipinski definition) is 3. The summed E-state index contributed by atoms with van der Waals surface area (Å²) in [6.45, 7) is 11.8. The fourth-order valence-corrected chi connectivity index (χ4v) is 1.64. The van der Waals surface area contributed by atoms with Crippen LogP contribution in [0.4, 0.5) is 0 Å². The van der Waals surface area contributed by atoms with Gasteiger partial charge in [0.1, 0.15) is 5.76 Å². The molecule has 0 N–H and O–H groups in total. The first-order valence-corrected chi connectivity index (χ1v) is 5.81. The van der Waals surface area contributed by atoms with E-state index in [2.05, 4.69) is 13.2 Å². The zero-order valence-corrected chi connectivity index (χ0v) is 10.6. The van der Waals surface area contributed by atoms with Gasteiger partial charge in [0.25, 0.3) is 0 Å². The van der Waals surface area contributed by atoms with Gasteiger partial charge in [0.05, 0.1) is 12.7 Å². The molecule has 0 aromatic heterocycles. The Balaban J connectivity index is 2.59. The molecule has 1 heterocycles. The van der Waals surface area contributed by atoms with Gasteiger partial charge in [-0.3, -0.25) is 0 Å². The lowest BCUT2D eigenvalue weighted by molar-refractivity contribution is -0.147. The largest absolute Gasteiger partial charge is 0.493 e. The Bertz CT molecular complexity index is 354. The summed E-state index contributed by atoms with van der Waals surface area (Å²) in [5.41, 5.74) is 0.420. The predicted molar refractivity (Wildman–Crippen MR) is 67.4 cm³/mol. The van der Waals surface area contributed by atoms with Gasteiger partial charge in [0.2, 0.25) is 0 Å². The molecule has 0 spiro atoms. The zero-order chi connectivity index (χ0) is 12.9. The van der Waals surface area contributed by atoms with E-state index in [0.717, 1.165) is 18.4 Å². The molecule has 0 unspecified atom stereocenters. The third-order valence-corrected chi connectivity index (χ3v) is 2.71. The Morgan fingerprint density at radius 2 is 2.35 bits per heavy atom. The van der Waals surface area contributed by atoms with E-state index in [0.29, 0.717) is 18.8 Å². The molecular formula is C14H20O3. The first kappa shape index (κ1) is 13.6. The molecule has 0 amide bonds. The summed E-state index contributed by atoms with van der Waals surface area (Å²) in [4.78, 5) is 11.3. The van der Waals surface area contributed by atoms with Gasteiger partial charge < -0.3 is 9.47 Å². The summed E-state index contributed by atoms with van der Waals surface area (Å²) >= 11 is 0. The lowest BCUT2D eigenvalue weighted by Gasteiger charge is -2.26. The predicted octanol–water partition coefficient (Wildman–Crippen LogP) is 3.13. The maximum absolute atomic E-state index is 11.3. The lowest BCUT2D eigenvalue weighted by atomic mass is 9.98. The van der Waals surface area contributed by atoms with Crippen molar-refractivity contribution in [2.45, 2.75) is 38.7 Å². The Labute approximate surface area is 103 Å². The van der Waals surface area contributed by atoms with Gasteiger partial charge in [0.15, 0.2) is 5.60 Å². The van der Waals surface area contributed by atoms with E-state index >= 15 is 0 Å². The third-order valence-electron chi connectivity index (χ3n) is 2.71. The number of allylic oxidation sites excluding steroid dienone is 1. The topological polar surface area (TPSA) is 35.5 Å². The lowest BCUT2D eigenvalue weighted by Crippen LogP contribution is -2.29. The van der Waals surface area contributed by atoms with Crippen molar-refractivity contribution in [1.82, 2.24) is 0 Å². The summed E-state index contributed by atoms with van der Waals surface area (Å²) in [5.74, 6) is 0.285. The average molecular weight is 236 g/mol. The maximum atomic E-state index is 11.3. The normalized spacial score (nSPS) is 22.9. The second-order valence-electron chi connectivity index (χ2n) is 4.54. The van der Waals surface area contributed by atoms with E-state index in [-0.39, 0.29) is 5.97 Å². The van der Waals surface area contributed by atoms with Crippen molar-refractivity contribution in [3.63, 3.8) is 0 Å². The van der Waals surface area contributed by atoms with Crippen LogP contribution < -0.4 is 0 Å². The molecule has 94 valence electrons. The summed E-state index contributed by atoms with van der Waals surface area (Å²) < 4.78 is 10.9. The van der Waals surface area contributed by atoms with Crippen LogP contribution in [0.2, 0.25) is 0 Å². The molecule has 1 rings (SSSR count). The van der Waals surface area contributed by atoms with E-state index < -0.39 is 5.60 Å². The number of carbonyl (C=O) groups excluding carboxylic acids is 1. The van der Waals surface area contributed by atoms with Crippen molar-refractivity contribution >= 4 is 5.97 Å². The first-order chi connectivity index (χ1) is 7.98. The number of esters is 1. The Kier molecular flexibility index (Phi) is 4.55. The van der Waals surface area contributed by atoms with Crippen molar-refractivity contribution in [3.8, 4) is 0 Å². The molecule has 0 saturated carbocycles. The van der Waals surface area contributed by atoms with E-state index in [4.69, 9.17) is 9.47 Å². The quantitative estimate of drug-likeness (QED) is 0.503. The van der Waals surface area contributed by atoms with Gasteiger partial charge in [-0.05, 0) is 26.7 Å². The highest BCUT2D eigenvalue weighted by Gasteiger charge is 2.39. The highest BCUT2D eigenvalue weighted by atomic mass is 16.6. The molecule has 0 aromatic rings. The molecule has 0 saturated heterocycles.